The van der Waals surface area contributed by atoms with E-state index in [-0.39, 0.29) is 38.5 Å². The number of nitrogens with one attached hydrogen (secondary N) is 3. The van der Waals surface area contributed by atoms with E-state index in [1.54, 1.807) is 13.8 Å². The summed E-state index contributed by atoms with van der Waals surface area (Å²) in [5.41, 5.74) is -5.67. The molecule has 0 fully saturated rings. The third-order valence-corrected chi connectivity index (χ3v) is 12.4. The first-order chi connectivity index (χ1) is 29.5. The highest BCUT2D eigenvalue weighted by molar-refractivity contribution is 8.00. The van der Waals surface area contributed by atoms with Crippen molar-refractivity contribution in [2.45, 2.75) is 69.2 Å². The number of benzene rings is 2. The highest BCUT2D eigenvalue weighted by atomic mass is 35.5. The first-order valence-electron chi connectivity index (χ1n) is 18.5. The Bertz CT molecular complexity index is 2570. The molecule has 2 unspecified atom stereocenters. The second kappa shape index (κ2) is 18.7. The Labute approximate surface area is 370 Å². The van der Waals surface area contributed by atoms with Gasteiger partial charge >= 0.3 is 18.4 Å². The molecule has 4 N–H and O–H groups in total. The van der Waals surface area contributed by atoms with Gasteiger partial charge in [-0.2, -0.15) is 40.2 Å². The van der Waals surface area contributed by atoms with E-state index in [1.165, 1.54) is 36.8 Å². The molecule has 11 nitrogen and oxygen atoms in total. The number of pyridine rings is 1. The molecule has 0 spiro atoms. The third-order valence-electron chi connectivity index (χ3n) is 9.82. The Morgan fingerprint density at radius 2 is 1.73 bits per heavy atom. The van der Waals surface area contributed by atoms with E-state index in [2.05, 4.69) is 27.2 Å². The van der Waals surface area contributed by atoms with Crippen molar-refractivity contribution in [3.05, 3.63) is 87.3 Å². The fraction of sp³-hybridized carbons (Fsp3) is 0.375. The van der Waals surface area contributed by atoms with Crippen LogP contribution in [0.2, 0.25) is 5.02 Å². The molecule has 2 amide bonds. The topological polar surface area (TPSA) is 159 Å². The van der Waals surface area contributed by atoms with Crippen LogP contribution in [0.1, 0.15) is 50.2 Å². The van der Waals surface area contributed by atoms with E-state index in [1.807, 2.05) is 5.32 Å². The smallest absolute Gasteiger partial charge is 0.433 e. The number of carboxylic acid groups (broad SMARTS) is 1. The zero-order valence-corrected chi connectivity index (χ0v) is 36.3. The van der Waals surface area contributed by atoms with E-state index in [0.717, 1.165) is 19.1 Å². The number of alkyl halides is 8. The van der Waals surface area contributed by atoms with E-state index in [0.29, 0.717) is 27.0 Å². The predicted molar refractivity (Wildman–Crippen MR) is 222 cm³/mol. The molecule has 1 aliphatic rings. The zero-order valence-electron chi connectivity index (χ0n) is 34.0. The van der Waals surface area contributed by atoms with Crippen LogP contribution in [-0.4, -0.2) is 84.2 Å². The molecular weight excluding hydrogens is 932 g/mol. The SMILES string of the molecule is CSN(C(=O)O)c1nn(CC(F)(F)F)c2c(-c3ccc(C#CC(C)(C)[S+](C)[O-])nc3C(Cc3cc(F)cc(F)c3)NC(=O)CNC3=C(C(=N)C(F)(F)F)[C@@H](C)CC3(F)F)ccc(Cl)c12. The maximum atomic E-state index is 15.1. The van der Waals surface area contributed by atoms with Crippen molar-refractivity contribution in [2.24, 2.45) is 5.92 Å². The molecule has 2 aromatic heterocycles. The number of nitrogens with zero attached hydrogens (tertiary/aromatic N) is 4. The van der Waals surface area contributed by atoms with Gasteiger partial charge in [-0.05, 0) is 97.0 Å². The average Bonchev–Trinajstić information content (AvgIpc) is 3.63. The molecule has 1 aliphatic carbocycles. The number of rotatable bonds is 13. The Morgan fingerprint density at radius 3 is 2.30 bits per heavy atom. The molecule has 2 aromatic carbocycles. The summed E-state index contributed by atoms with van der Waals surface area (Å²) in [6, 6.07) is 5.70. The van der Waals surface area contributed by atoms with Crippen LogP contribution in [0.4, 0.5) is 54.5 Å². The highest BCUT2D eigenvalue weighted by Crippen LogP contribution is 2.46. The predicted octanol–water partition coefficient (Wildman–Crippen LogP) is 9.36. The Balaban J connectivity index is 1.77. The lowest BCUT2D eigenvalue weighted by atomic mass is 9.93. The highest BCUT2D eigenvalue weighted by Gasteiger charge is 2.51. The third kappa shape index (κ3) is 11.2. The van der Waals surface area contributed by atoms with Crippen LogP contribution in [0.3, 0.4) is 0 Å². The number of carbonyl (C=O) groups excluding carboxylic acids is 1. The summed E-state index contributed by atoms with van der Waals surface area (Å²) in [6.07, 6.45) is -10.9. The first-order valence-corrected chi connectivity index (χ1v) is 21.6. The number of anilines is 1. The first kappa shape index (κ1) is 49.8. The fourth-order valence-corrected chi connectivity index (χ4v) is 7.75. The minimum atomic E-state index is -5.33. The van der Waals surface area contributed by atoms with Crippen LogP contribution < -0.4 is 14.9 Å². The summed E-state index contributed by atoms with van der Waals surface area (Å²) < 4.78 is 155. The van der Waals surface area contributed by atoms with Crippen LogP contribution in [-0.2, 0) is 28.9 Å². The van der Waals surface area contributed by atoms with Crippen molar-refractivity contribution in [3.8, 4) is 23.0 Å². The van der Waals surface area contributed by atoms with E-state index < -0.39 is 124 Å². The molecule has 344 valence electrons. The molecular formula is C40H36ClF10N7O4S2. The van der Waals surface area contributed by atoms with Gasteiger partial charge in [-0.1, -0.05) is 24.6 Å². The quantitative estimate of drug-likeness (QED) is 0.0339. The number of halogens is 11. The minimum Gasteiger partial charge on any atom is -0.615 e. The van der Waals surface area contributed by atoms with Gasteiger partial charge in [0, 0.05) is 35.4 Å². The van der Waals surface area contributed by atoms with Gasteiger partial charge in [0.15, 0.2) is 10.6 Å². The standard InChI is InChI=1S/C40H36ClF10N7O4S2/c1-19-16-38(44,45)34(29(19)33(52)40(49,50)51)53-17-28(59)55-27(14-20-12-21(42)15-22(43)13-20)31-24(7-6-23(54-31)10-11-37(2,3)64(5)62)25-8-9-26(41)30-32(25)57(18-39(46,47)48)56-35(30)58(63-4)36(60)61/h6-9,12-13,15,19,27,52-53H,14,16-18H2,1-5H3,(H,55,59)(H,60,61)/t19-,27?,64?/m0/s1. The summed E-state index contributed by atoms with van der Waals surface area (Å²) >= 11 is 5.58. The Kier molecular flexibility index (Phi) is 14.6. The molecule has 0 saturated carbocycles. The number of fused-ring (bicyclic) bond motifs is 1. The average molecular weight is 968 g/mol. The summed E-state index contributed by atoms with van der Waals surface area (Å²) in [5, 5.41) is 25.5. The van der Waals surface area contributed by atoms with Crippen LogP contribution in [0.15, 0.2) is 53.7 Å². The lowest BCUT2D eigenvalue weighted by molar-refractivity contribution is -0.141. The number of carbonyl (C=O) groups is 2. The van der Waals surface area contributed by atoms with Crippen LogP contribution in [0.5, 0.6) is 0 Å². The van der Waals surface area contributed by atoms with Crippen LogP contribution >= 0.6 is 23.5 Å². The van der Waals surface area contributed by atoms with Crippen molar-refractivity contribution in [1.29, 1.82) is 5.41 Å². The second-order valence-corrected chi connectivity index (χ2v) is 18.0. The summed E-state index contributed by atoms with van der Waals surface area (Å²) in [7, 11) is 0. The summed E-state index contributed by atoms with van der Waals surface area (Å²) in [4.78, 5) is 30.6. The van der Waals surface area contributed by atoms with Gasteiger partial charge in [0.1, 0.15) is 29.6 Å². The molecule has 2 heterocycles. The fourth-order valence-electron chi connectivity index (χ4n) is 6.86. The lowest BCUT2D eigenvalue weighted by Crippen LogP contribution is -2.40. The number of amides is 2. The van der Waals surface area contributed by atoms with E-state index in [4.69, 9.17) is 17.0 Å². The second-order valence-electron chi connectivity index (χ2n) is 14.9. The maximum Gasteiger partial charge on any atom is 0.433 e. The molecule has 0 bridgehead atoms. The molecule has 0 saturated heterocycles. The largest absolute Gasteiger partial charge is 0.615 e. The number of aromatic nitrogens is 3. The molecule has 4 aromatic rings. The van der Waals surface area contributed by atoms with Gasteiger partial charge in [0.05, 0.1) is 46.2 Å². The molecule has 0 aliphatic heterocycles. The summed E-state index contributed by atoms with van der Waals surface area (Å²) in [5.74, 6) is -3.74. The Morgan fingerprint density at radius 1 is 1.11 bits per heavy atom. The van der Waals surface area contributed by atoms with Crippen molar-refractivity contribution >= 4 is 69.2 Å². The van der Waals surface area contributed by atoms with Crippen molar-refractivity contribution in [2.75, 3.05) is 23.4 Å². The van der Waals surface area contributed by atoms with Gasteiger partial charge in [-0.3, -0.25) is 14.9 Å². The minimum absolute atomic E-state index is 0.103. The van der Waals surface area contributed by atoms with Gasteiger partial charge in [0.25, 0.3) is 5.92 Å². The zero-order chi connectivity index (χ0) is 47.9. The van der Waals surface area contributed by atoms with Gasteiger partial charge < -0.3 is 20.3 Å². The molecule has 0 radical (unpaired) electrons. The number of hydrogen-bond donors (Lipinski definition) is 4. The van der Waals surface area contributed by atoms with Crippen LogP contribution in [0.25, 0.3) is 22.0 Å². The van der Waals surface area contributed by atoms with Crippen molar-refractivity contribution in [1.82, 2.24) is 25.4 Å². The van der Waals surface area contributed by atoms with Crippen LogP contribution in [0, 0.1) is 34.8 Å². The number of hydrogen-bond acceptors (Lipinski definition) is 8. The maximum absolute atomic E-state index is 15.1. The molecule has 64 heavy (non-hydrogen) atoms. The lowest BCUT2D eigenvalue weighted by Gasteiger charge is -2.24. The van der Waals surface area contributed by atoms with Gasteiger partial charge in [-0.15, -0.1) is 0 Å². The molecule has 5 rings (SSSR count). The molecule has 24 heteroatoms. The summed E-state index contributed by atoms with van der Waals surface area (Å²) in [6.45, 7) is 1.20. The monoisotopic (exact) mass is 967 g/mol. The van der Waals surface area contributed by atoms with Gasteiger partial charge in [-0.25, -0.2) is 22.9 Å². The van der Waals surface area contributed by atoms with Crippen molar-refractivity contribution < 1.29 is 63.2 Å². The molecule has 3 atom stereocenters. The number of allylic oxidation sites excluding steroid dienone is 2. The Hall–Kier alpha value is -5.18. The van der Waals surface area contributed by atoms with E-state index >= 15 is 8.78 Å². The normalized spacial score (nSPS) is 16.3. The van der Waals surface area contributed by atoms with Crippen molar-refractivity contribution in [3.63, 3.8) is 0 Å². The van der Waals surface area contributed by atoms with Gasteiger partial charge in [0.2, 0.25) is 5.91 Å². The van der Waals surface area contributed by atoms with E-state index in [9.17, 15) is 54.4 Å².